The van der Waals surface area contributed by atoms with E-state index >= 15 is 0 Å². The summed E-state index contributed by atoms with van der Waals surface area (Å²) in [5, 5.41) is 13.4. The van der Waals surface area contributed by atoms with Crippen LogP contribution in [0.1, 0.15) is 23.0 Å². The number of hydrogen-bond donors (Lipinski definition) is 1. The van der Waals surface area contributed by atoms with E-state index in [2.05, 4.69) is 20.5 Å². The molecule has 0 amide bonds. The summed E-state index contributed by atoms with van der Waals surface area (Å²) in [5.41, 5.74) is 3.29. The van der Waals surface area contributed by atoms with E-state index in [9.17, 15) is 4.79 Å². The molecule has 2 aromatic heterocycles. The number of aromatic nitrogens is 5. The molecule has 0 fully saturated rings. The number of para-hydroxylation sites is 3. The molecular formula is C20H19N5O2S. The topological polar surface area (TPSA) is 85.7 Å². The molecule has 28 heavy (non-hydrogen) atoms. The summed E-state index contributed by atoms with van der Waals surface area (Å²) in [7, 11) is 0. The van der Waals surface area contributed by atoms with Crippen molar-refractivity contribution in [2.24, 2.45) is 0 Å². The van der Waals surface area contributed by atoms with Gasteiger partial charge in [-0.2, -0.15) is 4.68 Å². The molecule has 2 heterocycles. The first-order valence-electron chi connectivity index (χ1n) is 8.93. The van der Waals surface area contributed by atoms with Crippen molar-refractivity contribution in [3.8, 4) is 11.4 Å². The molecule has 0 aliphatic heterocycles. The highest BCUT2D eigenvalue weighted by atomic mass is 32.2. The average molecular weight is 393 g/mol. The fourth-order valence-electron chi connectivity index (χ4n) is 3.17. The fraction of sp³-hybridized carbons (Fsp3) is 0.200. The molecule has 8 heteroatoms. The third-order valence-electron chi connectivity index (χ3n) is 4.34. The minimum Gasteiger partial charge on any atom is -0.492 e. The molecule has 0 saturated heterocycles. The minimum absolute atomic E-state index is 0.0348. The lowest BCUT2D eigenvalue weighted by atomic mass is 10.1. The molecule has 0 radical (unpaired) electrons. The smallest absolute Gasteiger partial charge is 0.214 e. The predicted octanol–water partition coefficient (Wildman–Crippen LogP) is 3.83. The number of fused-ring (bicyclic) bond motifs is 1. The molecule has 4 aromatic rings. The minimum atomic E-state index is 0.0348. The van der Waals surface area contributed by atoms with Crippen LogP contribution < -0.4 is 4.74 Å². The van der Waals surface area contributed by atoms with Crippen LogP contribution in [0.2, 0.25) is 0 Å². The van der Waals surface area contributed by atoms with E-state index in [1.165, 1.54) is 11.8 Å². The molecule has 0 unspecified atom stereocenters. The number of hydrogen-bond acceptors (Lipinski definition) is 6. The van der Waals surface area contributed by atoms with Gasteiger partial charge in [0.05, 0.1) is 12.4 Å². The summed E-state index contributed by atoms with van der Waals surface area (Å²) in [6.45, 7) is 4.38. The Labute approximate surface area is 166 Å². The maximum Gasteiger partial charge on any atom is 0.214 e. The number of ketones is 1. The maximum absolute atomic E-state index is 12.9. The molecule has 142 valence electrons. The Bertz CT molecular complexity index is 1130. The van der Waals surface area contributed by atoms with E-state index in [0.29, 0.717) is 17.5 Å². The van der Waals surface area contributed by atoms with Crippen LogP contribution in [-0.2, 0) is 0 Å². The van der Waals surface area contributed by atoms with Crippen molar-refractivity contribution < 1.29 is 9.53 Å². The third kappa shape index (κ3) is 3.38. The number of benzene rings is 2. The van der Waals surface area contributed by atoms with Gasteiger partial charge in [-0.05, 0) is 42.5 Å². The van der Waals surface area contributed by atoms with Crippen molar-refractivity contribution in [1.29, 1.82) is 0 Å². The lowest BCUT2D eigenvalue weighted by Crippen LogP contribution is -2.07. The summed E-state index contributed by atoms with van der Waals surface area (Å²) >= 11 is 1.31. The first-order valence-corrected chi connectivity index (χ1v) is 9.91. The zero-order valence-electron chi connectivity index (χ0n) is 15.5. The summed E-state index contributed by atoms with van der Waals surface area (Å²) in [4.78, 5) is 16.2. The van der Waals surface area contributed by atoms with E-state index in [1.54, 1.807) is 4.68 Å². The number of tetrazole rings is 1. The largest absolute Gasteiger partial charge is 0.492 e. The second-order valence-electron chi connectivity index (χ2n) is 6.16. The van der Waals surface area contributed by atoms with Gasteiger partial charge in [-0.3, -0.25) is 4.79 Å². The van der Waals surface area contributed by atoms with E-state index in [4.69, 9.17) is 4.74 Å². The molecule has 0 spiro atoms. The van der Waals surface area contributed by atoms with Crippen molar-refractivity contribution >= 4 is 28.4 Å². The molecule has 0 atom stereocenters. The van der Waals surface area contributed by atoms with Gasteiger partial charge in [0.15, 0.2) is 5.78 Å². The van der Waals surface area contributed by atoms with Crippen LogP contribution in [0.3, 0.4) is 0 Å². The summed E-state index contributed by atoms with van der Waals surface area (Å²) in [6, 6.07) is 15.4. The Morgan fingerprint density at radius 3 is 2.82 bits per heavy atom. The molecule has 0 bridgehead atoms. The zero-order chi connectivity index (χ0) is 19.5. The maximum atomic E-state index is 12.9. The number of nitrogens with one attached hydrogen (secondary N) is 1. The quantitative estimate of drug-likeness (QED) is 0.379. The Morgan fingerprint density at radius 2 is 1.96 bits per heavy atom. The molecule has 2 aromatic carbocycles. The Kier molecular flexibility index (Phi) is 5.12. The van der Waals surface area contributed by atoms with Gasteiger partial charge >= 0.3 is 0 Å². The van der Waals surface area contributed by atoms with Crippen LogP contribution in [0, 0.1) is 6.92 Å². The Morgan fingerprint density at radius 1 is 1.18 bits per heavy atom. The number of carbonyl (C=O) groups is 1. The Balaban J connectivity index is 1.58. The van der Waals surface area contributed by atoms with Crippen LogP contribution in [0.15, 0.2) is 53.7 Å². The van der Waals surface area contributed by atoms with Crippen LogP contribution in [-0.4, -0.2) is 43.3 Å². The molecule has 0 aliphatic carbocycles. The monoisotopic (exact) mass is 393 g/mol. The molecule has 7 nitrogen and oxygen atoms in total. The number of aryl methyl sites for hydroxylation is 1. The standard InChI is InChI=1S/C20H19N5O2S/c1-3-27-18-11-7-6-10-16(18)25-20(22-23-24-25)28-12-17(26)19-13(2)21-15-9-5-4-8-14(15)19/h4-11,21H,3,12H2,1-2H3. The normalized spacial score (nSPS) is 11.1. The van der Waals surface area contributed by atoms with Gasteiger partial charge in [0.1, 0.15) is 11.4 Å². The second kappa shape index (κ2) is 7.85. The molecule has 0 aliphatic rings. The van der Waals surface area contributed by atoms with Crippen molar-refractivity contribution in [2.45, 2.75) is 19.0 Å². The molecular weight excluding hydrogens is 374 g/mol. The van der Waals surface area contributed by atoms with Gasteiger partial charge in [-0.1, -0.05) is 42.1 Å². The van der Waals surface area contributed by atoms with Gasteiger partial charge in [0.2, 0.25) is 5.16 Å². The molecule has 1 N–H and O–H groups in total. The van der Waals surface area contributed by atoms with Gasteiger partial charge in [0, 0.05) is 22.2 Å². The van der Waals surface area contributed by atoms with E-state index in [-0.39, 0.29) is 11.5 Å². The molecule has 0 saturated carbocycles. The molecule has 4 rings (SSSR count). The second-order valence-corrected chi connectivity index (χ2v) is 7.10. The zero-order valence-corrected chi connectivity index (χ0v) is 16.4. The average Bonchev–Trinajstić information content (AvgIpc) is 3.30. The van der Waals surface area contributed by atoms with Crippen LogP contribution in [0.5, 0.6) is 5.75 Å². The number of aromatic amines is 1. The predicted molar refractivity (Wildman–Crippen MR) is 108 cm³/mol. The van der Waals surface area contributed by atoms with Crippen LogP contribution in [0.25, 0.3) is 16.6 Å². The fourth-order valence-corrected chi connectivity index (χ4v) is 3.92. The van der Waals surface area contributed by atoms with E-state index < -0.39 is 0 Å². The van der Waals surface area contributed by atoms with Crippen molar-refractivity contribution in [2.75, 3.05) is 12.4 Å². The number of H-pyrrole nitrogens is 1. The highest BCUT2D eigenvalue weighted by Gasteiger charge is 2.19. The van der Waals surface area contributed by atoms with Gasteiger partial charge in [0.25, 0.3) is 0 Å². The van der Waals surface area contributed by atoms with Crippen molar-refractivity contribution in [3.05, 3.63) is 59.8 Å². The number of rotatable bonds is 7. The van der Waals surface area contributed by atoms with Crippen LogP contribution in [0.4, 0.5) is 0 Å². The Hall–Kier alpha value is -3.13. The number of Topliss-reactive ketones (excluding diaryl/α,β-unsaturated/α-hetero) is 1. The summed E-state index contributed by atoms with van der Waals surface area (Å²) in [6.07, 6.45) is 0. The van der Waals surface area contributed by atoms with Crippen molar-refractivity contribution in [1.82, 2.24) is 25.2 Å². The first-order chi connectivity index (χ1) is 13.7. The number of thioether (sulfide) groups is 1. The van der Waals surface area contributed by atoms with Gasteiger partial charge in [-0.15, -0.1) is 5.10 Å². The summed E-state index contributed by atoms with van der Waals surface area (Å²) in [5.74, 6) is 0.963. The van der Waals surface area contributed by atoms with Crippen LogP contribution >= 0.6 is 11.8 Å². The number of nitrogens with zero attached hydrogens (tertiary/aromatic N) is 4. The SMILES string of the molecule is CCOc1ccccc1-n1nnnc1SCC(=O)c1c(C)[nH]c2ccccc12. The number of carbonyl (C=O) groups excluding carboxylic acids is 1. The number of ether oxygens (including phenoxy) is 1. The summed E-state index contributed by atoms with van der Waals surface area (Å²) < 4.78 is 7.27. The highest BCUT2D eigenvalue weighted by Crippen LogP contribution is 2.28. The first kappa shape index (κ1) is 18.2. The highest BCUT2D eigenvalue weighted by molar-refractivity contribution is 7.99. The van der Waals surface area contributed by atoms with Gasteiger partial charge in [-0.25, -0.2) is 0 Å². The lowest BCUT2D eigenvalue weighted by molar-refractivity contribution is 0.102. The third-order valence-corrected chi connectivity index (χ3v) is 5.26. The van der Waals surface area contributed by atoms with Gasteiger partial charge < -0.3 is 9.72 Å². The van der Waals surface area contributed by atoms with E-state index in [1.807, 2.05) is 62.4 Å². The lowest BCUT2D eigenvalue weighted by Gasteiger charge is -2.10. The van der Waals surface area contributed by atoms with Crippen molar-refractivity contribution in [3.63, 3.8) is 0 Å². The van der Waals surface area contributed by atoms with E-state index in [0.717, 1.165) is 27.8 Å².